The first-order valence-corrected chi connectivity index (χ1v) is 4.01. The first kappa shape index (κ1) is 11.0. The summed E-state index contributed by atoms with van der Waals surface area (Å²) in [5.74, 6) is -0.357. The van der Waals surface area contributed by atoms with Crippen LogP contribution in [-0.2, 0) is 13.2 Å². The average Bonchev–Trinajstić information content (AvgIpc) is 2.27. The number of carbonyl (C=O) groups is 1. The number of pyridine rings is 1. The van der Waals surface area contributed by atoms with Crippen LogP contribution in [0.4, 0.5) is 0 Å². The van der Waals surface area contributed by atoms with Gasteiger partial charge in [0.2, 0.25) is 0 Å². The van der Waals surface area contributed by atoms with E-state index in [4.69, 9.17) is 10.6 Å². The molecule has 0 bridgehead atoms. The molecular weight excluding hydrogens is 200 g/mol. The smallest absolute Gasteiger partial charge is 0.154 e. The highest BCUT2D eigenvalue weighted by molar-refractivity contribution is 5.81. The molecule has 1 aromatic heterocycles. The van der Waals surface area contributed by atoms with Crippen molar-refractivity contribution in [2.75, 3.05) is 0 Å². The van der Waals surface area contributed by atoms with E-state index in [0.717, 1.165) is 0 Å². The summed E-state index contributed by atoms with van der Waals surface area (Å²) in [5.41, 5.74) is 8.39. The van der Waals surface area contributed by atoms with Gasteiger partial charge in [0.05, 0.1) is 24.4 Å². The monoisotopic (exact) mass is 208 g/mol. The number of aliphatic hydroxyl groups is 1. The van der Waals surface area contributed by atoms with Crippen LogP contribution < -0.4 is 0 Å². The minimum Gasteiger partial charge on any atom is -0.505 e. The molecule has 0 atom stereocenters. The number of hydrogen-bond donors (Lipinski definition) is 2. The molecule has 7 heteroatoms. The fraction of sp³-hybridized carbons (Fsp3) is 0.250. The first-order valence-electron chi connectivity index (χ1n) is 4.01. The van der Waals surface area contributed by atoms with Crippen LogP contribution in [0.3, 0.4) is 0 Å². The number of aromatic nitrogens is 1. The van der Waals surface area contributed by atoms with Crippen LogP contribution in [0.15, 0.2) is 11.3 Å². The van der Waals surface area contributed by atoms with Crippen LogP contribution in [0.5, 0.6) is 5.75 Å². The lowest BCUT2D eigenvalue weighted by molar-refractivity contribution is 0.111. The Balaban J connectivity index is 3.22. The Kier molecular flexibility index (Phi) is 3.61. The summed E-state index contributed by atoms with van der Waals surface area (Å²) >= 11 is 0. The van der Waals surface area contributed by atoms with E-state index in [1.165, 1.54) is 6.20 Å². The number of rotatable bonds is 4. The Hall–Kier alpha value is -2.11. The second-order valence-electron chi connectivity index (χ2n) is 2.66. The molecule has 0 aromatic carbocycles. The Labute approximate surface area is 84.6 Å². The summed E-state index contributed by atoms with van der Waals surface area (Å²) in [6, 6.07) is 0. The second-order valence-corrected chi connectivity index (χ2v) is 2.66. The molecule has 0 spiro atoms. The van der Waals surface area contributed by atoms with Crippen LogP contribution >= 0.6 is 0 Å². The van der Waals surface area contributed by atoms with Gasteiger partial charge in [-0.05, 0) is 5.53 Å². The highest BCUT2D eigenvalue weighted by Crippen LogP contribution is 2.23. The Morgan fingerprint density at radius 2 is 2.40 bits per heavy atom. The molecule has 0 unspecified atom stereocenters. The molecular formula is C8H8N4O3. The molecule has 1 aromatic rings. The molecule has 0 aliphatic heterocycles. The maximum Gasteiger partial charge on any atom is 0.154 e. The van der Waals surface area contributed by atoms with Gasteiger partial charge in [-0.1, -0.05) is 5.11 Å². The largest absolute Gasteiger partial charge is 0.505 e. The molecule has 0 saturated heterocycles. The van der Waals surface area contributed by atoms with E-state index in [1.807, 2.05) is 0 Å². The molecule has 1 heterocycles. The zero-order valence-electron chi connectivity index (χ0n) is 7.66. The van der Waals surface area contributed by atoms with Gasteiger partial charge in [-0.25, -0.2) is 0 Å². The third kappa shape index (κ3) is 2.22. The molecule has 0 aliphatic carbocycles. The summed E-state index contributed by atoms with van der Waals surface area (Å²) in [6.07, 6.45) is 1.67. The average molecular weight is 208 g/mol. The van der Waals surface area contributed by atoms with Crippen LogP contribution in [0, 0.1) is 0 Å². The number of nitrogens with zero attached hydrogens (tertiary/aromatic N) is 4. The van der Waals surface area contributed by atoms with E-state index in [2.05, 4.69) is 15.0 Å². The fourth-order valence-electron chi connectivity index (χ4n) is 1.07. The van der Waals surface area contributed by atoms with Crippen molar-refractivity contribution in [1.29, 1.82) is 0 Å². The maximum absolute atomic E-state index is 10.6. The Morgan fingerprint density at radius 3 is 2.93 bits per heavy atom. The van der Waals surface area contributed by atoms with Gasteiger partial charge in [0, 0.05) is 16.7 Å². The number of carbonyl (C=O) groups excluding carboxylic acids is 1. The number of aliphatic hydroxyl groups excluding tert-OH is 1. The van der Waals surface area contributed by atoms with Crippen LogP contribution in [0.25, 0.3) is 10.4 Å². The van der Waals surface area contributed by atoms with Gasteiger partial charge in [-0.3, -0.25) is 9.78 Å². The van der Waals surface area contributed by atoms with Gasteiger partial charge in [0.1, 0.15) is 5.75 Å². The van der Waals surface area contributed by atoms with Crippen molar-refractivity contribution in [2.24, 2.45) is 5.11 Å². The normalized spacial score (nSPS) is 9.40. The Bertz CT molecular complexity index is 426. The summed E-state index contributed by atoms with van der Waals surface area (Å²) in [4.78, 5) is 16.9. The summed E-state index contributed by atoms with van der Waals surface area (Å²) in [7, 11) is 0. The van der Waals surface area contributed by atoms with Gasteiger partial charge in [0.25, 0.3) is 0 Å². The van der Waals surface area contributed by atoms with Crippen molar-refractivity contribution in [3.8, 4) is 5.75 Å². The predicted octanol–water partition coefficient (Wildman–Crippen LogP) is 0.902. The number of aromatic hydroxyl groups is 1. The van der Waals surface area contributed by atoms with Gasteiger partial charge >= 0.3 is 0 Å². The van der Waals surface area contributed by atoms with Crippen molar-refractivity contribution in [2.45, 2.75) is 13.2 Å². The number of azide groups is 1. The molecule has 7 nitrogen and oxygen atoms in total. The minimum absolute atomic E-state index is 0.0318. The standard InChI is InChI=1S/C8H8N4O3/c9-12-11-2-7-8(15)6(4-14)5(3-13)1-10-7/h1,4,13,15H,2-3H2. The first-order chi connectivity index (χ1) is 7.24. The van der Waals surface area contributed by atoms with E-state index >= 15 is 0 Å². The molecule has 2 N–H and O–H groups in total. The SMILES string of the molecule is [N-]=[N+]=NCc1ncc(CO)c(C=O)c1O. The minimum atomic E-state index is -0.392. The van der Waals surface area contributed by atoms with Crippen molar-refractivity contribution < 1.29 is 15.0 Å². The van der Waals surface area contributed by atoms with Crippen molar-refractivity contribution in [1.82, 2.24) is 4.98 Å². The van der Waals surface area contributed by atoms with Crippen LogP contribution in [0.1, 0.15) is 21.6 Å². The van der Waals surface area contributed by atoms with Gasteiger partial charge in [-0.15, -0.1) is 0 Å². The molecule has 0 radical (unpaired) electrons. The molecule has 1 rings (SSSR count). The topological polar surface area (TPSA) is 119 Å². The third-order valence-electron chi connectivity index (χ3n) is 1.82. The van der Waals surface area contributed by atoms with Gasteiger partial charge in [-0.2, -0.15) is 0 Å². The zero-order chi connectivity index (χ0) is 11.3. The van der Waals surface area contributed by atoms with Crippen LogP contribution in [-0.4, -0.2) is 21.5 Å². The van der Waals surface area contributed by atoms with Crippen molar-refractivity contribution >= 4 is 6.29 Å². The highest BCUT2D eigenvalue weighted by atomic mass is 16.3. The van der Waals surface area contributed by atoms with E-state index in [0.29, 0.717) is 6.29 Å². The maximum atomic E-state index is 10.6. The molecule has 78 valence electrons. The van der Waals surface area contributed by atoms with E-state index in [9.17, 15) is 9.90 Å². The summed E-state index contributed by atoms with van der Waals surface area (Å²) < 4.78 is 0. The van der Waals surface area contributed by atoms with Crippen LogP contribution in [0.2, 0.25) is 0 Å². The molecule has 0 amide bonds. The van der Waals surface area contributed by atoms with Gasteiger partial charge in [0.15, 0.2) is 6.29 Å². The molecule has 0 fully saturated rings. The van der Waals surface area contributed by atoms with E-state index < -0.39 is 6.61 Å². The molecule has 15 heavy (non-hydrogen) atoms. The quantitative estimate of drug-likeness (QED) is 0.330. The second kappa shape index (κ2) is 4.94. The fourth-order valence-corrected chi connectivity index (χ4v) is 1.07. The van der Waals surface area contributed by atoms with Crippen molar-refractivity contribution in [3.63, 3.8) is 0 Å². The number of aldehydes is 1. The highest BCUT2D eigenvalue weighted by Gasteiger charge is 2.12. The zero-order valence-corrected chi connectivity index (χ0v) is 7.66. The molecule has 0 saturated carbocycles. The lowest BCUT2D eigenvalue weighted by atomic mass is 10.1. The third-order valence-corrected chi connectivity index (χ3v) is 1.82. The number of hydrogen-bond acceptors (Lipinski definition) is 5. The summed E-state index contributed by atoms with van der Waals surface area (Å²) in [6.45, 7) is -0.536. The lowest BCUT2D eigenvalue weighted by Crippen LogP contribution is -1.99. The van der Waals surface area contributed by atoms with E-state index in [1.54, 1.807) is 0 Å². The molecule has 0 aliphatic rings. The van der Waals surface area contributed by atoms with E-state index in [-0.39, 0.29) is 29.1 Å². The summed E-state index contributed by atoms with van der Waals surface area (Å²) in [5, 5.41) is 21.6. The van der Waals surface area contributed by atoms with Crippen molar-refractivity contribution in [3.05, 3.63) is 33.5 Å². The lowest BCUT2D eigenvalue weighted by Gasteiger charge is -2.06. The van der Waals surface area contributed by atoms with Gasteiger partial charge < -0.3 is 10.2 Å². The predicted molar refractivity (Wildman–Crippen MR) is 50.1 cm³/mol. The Morgan fingerprint density at radius 1 is 1.67 bits per heavy atom.